The maximum Gasteiger partial charge on any atom is 0.307 e. The summed E-state index contributed by atoms with van der Waals surface area (Å²) in [7, 11) is 0. The lowest BCUT2D eigenvalue weighted by molar-refractivity contribution is 0.0923. The molecule has 7 nitrogen and oxygen atoms in total. The lowest BCUT2D eigenvalue weighted by Crippen LogP contribution is -2.16. The van der Waals surface area contributed by atoms with E-state index in [9.17, 15) is 4.79 Å². The summed E-state index contributed by atoms with van der Waals surface area (Å²) in [6.45, 7) is 10.6. The van der Waals surface area contributed by atoms with Crippen LogP contribution in [-0.2, 0) is 6.61 Å². The molecule has 3 aromatic heterocycles. The highest BCUT2D eigenvalue weighted by Gasteiger charge is 2.13. The summed E-state index contributed by atoms with van der Waals surface area (Å²) in [6, 6.07) is 25.7. The Bertz CT molecular complexity index is 1630. The average Bonchev–Trinajstić information content (AvgIpc) is 3.61. The Balaban J connectivity index is 1.18. The minimum atomic E-state index is -0.424. The van der Waals surface area contributed by atoms with Gasteiger partial charge in [-0.05, 0) is 101 Å². The Labute approximate surface area is 228 Å². The van der Waals surface area contributed by atoms with E-state index in [1.54, 1.807) is 18.3 Å². The minimum Gasteiger partial charge on any atom is -0.486 e. The molecule has 198 valence electrons. The average molecular weight is 521 g/mol. The number of benzene rings is 2. The van der Waals surface area contributed by atoms with Gasteiger partial charge >= 0.3 is 5.91 Å². The van der Waals surface area contributed by atoms with Crippen LogP contribution >= 0.6 is 0 Å². The highest BCUT2D eigenvalue weighted by molar-refractivity contribution is 5.92. The normalized spacial score (nSPS) is 11.3. The van der Waals surface area contributed by atoms with E-state index in [1.807, 2.05) is 49.4 Å². The summed E-state index contributed by atoms with van der Waals surface area (Å²) in [5.74, 6) is 1.01. The predicted octanol–water partition coefficient (Wildman–Crippen LogP) is 6.75. The van der Waals surface area contributed by atoms with E-state index in [-0.39, 0.29) is 12.4 Å². The summed E-state index contributed by atoms with van der Waals surface area (Å²) >= 11 is 0. The quantitative estimate of drug-likeness (QED) is 0.182. The Morgan fingerprint density at radius 2 is 1.59 bits per heavy atom. The summed E-state index contributed by atoms with van der Waals surface area (Å²) in [5.41, 5.74) is 11.4. The molecule has 0 spiro atoms. The first kappa shape index (κ1) is 25.9. The van der Waals surface area contributed by atoms with Gasteiger partial charge in [-0.1, -0.05) is 18.2 Å². The van der Waals surface area contributed by atoms with Crippen molar-refractivity contribution in [3.63, 3.8) is 0 Å². The van der Waals surface area contributed by atoms with Gasteiger partial charge in [0.2, 0.25) is 0 Å². The van der Waals surface area contributed by atoms with Crippen LogP contribution in [-0.4, -0.2) is 21.3 Å². The molecule has 0 atom stereocenters. The number of rotatable bonds is 8. The van der Waals surface area contributed by atoms with E-state index < -0.39 is 5.91 Å². The zero-order chi connectivity index (χ0) is 27.5. The molecule has 0 fully saturated rings. The van der Waals surface area contributed by atoms with Crippen molar-refractivity contribution < 1.29 is 13.9 Å². The van der Waals surface area contributed by atoms with Gasteiger partial charge in [0.25, 0.3) is 0 Å². The summed E-state index contributed by atoms with van der Waals surface area (Å²) < 4.78 is 15.9. The topological polar surface area (TPSA) is 73.7 Å². The molecule has 0 aliphatic heterocycles. The Kier molecular flexibility index (Phi) is 7.23. The van der Waals surface area contributed by atoms with Gasteiger partial charge in [-0.15, -0.1) is 0 Å². The molecule has 0 aliphatic carbocycles. The zero-order valence-corrected chi connectivity index (χ0v) is 22.9. The van der Waals surface area contributed by atoms with E-state index in [0.29, 0.717) is 5.76 Å². The highest BCUT2D eigenvalue weighted by atomic mass is 16.5. The van der Waals surface area contributed by atoms with E-state index in [4.69, 9.17) is 9.15 Å². The minimum absolute atomic E-state index is 0.171. The molecule has 0 bridgehead atoms. The van der Waals surface area contributed by atoms with Gasteiger partial charge < -0.3 is 18.3 Å². The molecular formula is C32H32N4O3. The van der Waals surface area contributed by atoms with Crippen molar-refractivity contribution in [2.24, 2.45) is 5.10 Å². The van der Waals surface area contributed by atoms with Crippen LogP contribution in [0.15, 0.2) is 88.4 Å². The number of furan rings is 1. The molecule has 1 amide bonds. The molecule has 0 saturated carbocycles. The van der Waals surface area contributed by atoms with Gasteiger partial charge in [0.1, 0.15) is 18.1 Å². The smallest absolute Gasteiger partial charge is 0.307 e. The Morgan fingerprint density at radius 3 is 2.31 bits per heavy atom. The Morgan fingerprint density at radius 1 is 0.872 bits per heavy atom. The summed E-state index contributed by atoms with van der Waals surface area (Å²) in [4.78, 5) is 12.6. The SMILES string of the molecule is Cc1ccccc1-n1c(C)cc(/C=N/NC(=O)c2ccc(COc3ccc(-n4c(C)ccc4C)cc3)o2)c1C. The monoisotopic (exact) mass is 520 g/mol. The van der Waals surface area contributed by atoms with E-state index >= 15 is 0 Å². The molecule has 0 unspecified atom stereocenters. The fourth-order valence-corrected chi connectivity index (χ4v) is 4.82. The number of nitrogens with zero attached hydrogens (tertiary/aromatic N) is 3. The second-order valence-electron chi connectivity index (χ2n) is 9.65. The van der Waals surface area contributed by atoms with E-state index in [2.05, 4.69) is 71.6 Å². The first-order valence-corrected chi connectivity index (χ1v) is 12.9. The number of ether oxygens (including phenoxy) is 1. The molecule has 5 aromatic rings. The first-order chi connectivity index (χ1) is 18.8. The van der Waals surface area contributed by atoms with Crippen molar-refractivity contribution in [3.8, 4) is 17.1 Å². The number of para-hydroxylation sites is 1. The number of hydrogen-bond acceptors (Lipinski definition) is 4. The van der Waals surface area contributed by atoms with Gasteiger partial charge in [0, 0.05) is 39.7 Å². The van der Waals surface area contributed by atoms with E-state index in [0.717, 1.165) is 34.1 Å². The number of hydrogen-bond donors (Lipinski definition) is 1. The zero-order valence-electron chi connectivity index (χ0n) is 22.9. The van der Waals surface area contributed by atoms with Crippen molar-refractivity contribution in [3.05, 3.63) is 124 Å². The van der Waals surface area contributed by atoms with Crippen molar-refractivity contribution in [2.45, 2.75) is 41.2 Å². The molecule has 0 radical (unpaired) electrons. The molecule has 1 N–H and O–H groups in total. The number of aromatic nitrogens is 2. The molecular weight excluding hydrogens is 488 g/mol. The van der Waals surface area contributed by atoms with Crippen LogP contribution in [0.25, 0.3) is 11.4 Å². The van der Waals surface area contributed by atoms with Crippen LogP contribution in [0.3, 0.4) is 0 Å². The van der Waals surface area contributed by atoms with Crippen LogP contribution in [0.5, 0.6) is 5.75 Å². The molecule has 5 rings (SSSR count). The van der Waals surface area contributed by atoms with Gasteiger partial charge in [0.15, 0.2) is 5.76 Å². The molecule has 39 heavy (non-hydrogen) atoms. The molecule has 7 heteroatoms. The van der Waals surface area contributed by atoms with Crippen molar-refractivity contribution in [2.75, 3.05) is 0 Å². The third-order valence-electron chi connectivity index (χ3n) is 6.83. The standard InChI is InChI=1S/C32H32N4O3/c1-21-8-6-7-9-30(21)36-24(4)18-26(25(36)5)19-33-34-32(37)31-17-16-29(39-31)20-38-28-14-12-27(13-15-28)35-22(2)10-11-23(35)3/h6-19H,20H2,1-5H3,(H,34,37)/b33-19+. The van der Waals surface area contributed by atoms with Gasteiger partial charge in [-0.25, -0.2) is 5.43 Å². The molecule has 0 saturated heterocycles. The van der Waals surface area contributed by atoms with Crippen molar-refractivity contribution in [1.82, 2.24) is 14.6 Å². The van der Waals surface area contributed by atoms with Crippen molar-refractivity contribution in [1.29, 1.82) is 0 Å². The number of nitrogens with one attached hydrogen (secondary N) is 1. The first-order valence-electron chi connectivity index (χ1n) is 12.9. The summed E-state index contributed by atoms with van der Waals surface area (Å²) in [6.07, 6.45) is 1.66. The van der Waals surface area contributed by atoms with E-state index in [1.165, 1.54) is 17.0 Å². The lowest BCUT2D eigenvalue weighted by atomic mass is 10.2. The molecule has 0 aliphatic rings. The maximum absolute atomic E-state index is 12.6. The molecule has 3 heterocycles. The third kappa shape index (κ3) is 5.43. The number of aryl methyl sites for hydroxylation is 4. The van der Waals surface area contributed by atoms with Crippen LogP contribution in [0.2, 0.25) is 0 Å². The van der Waals surface area contributed by atoms with Crippen molar-refractivity contribution >= 4 is 12.1 Å². The number of amides is 1. The third-order valence-corrected chi connectivity index (χ3v) is 6.83. The Hall–Kier alpha value is -4.78. The number of carbonyl (C=O) groups excluding carboxylic acids is 1. The largest absolute Gasteiger partial charge is 0.486 e. The number of hydrazone groups is 1. The van der Waals surface area contributed by atoms with Crippen LogP contribution < -0.4 is 10.2 Å². The van der Waals surface area contributed by atoms with Crippen LogP contribution in [0.1, 0.15) is 50.2 Å². The predicted molar refractivity (Wildman–Crippen MR) is 153 cm³/mol. The maximum atomic E-state index is 12.6. The second-order valence-corrected chi connectivity index (χ2v) is 9.65. The van der Waals surface area contributed by atoms with Gasteiger partial charge in [0.05, 0.1) is 6.21 Å². The van der Waals surface area contributed by atoms with Crippen LogP contribution in [0, 0.1) is 34.6 Å². The highest BCUT2D eigenvalue weighted by Crippen LogP contribution is 2.23. The lowest BCUT2D eigenvalue weighted by Gasteiger charge is -2.12. The summed E-state index contributed by atoms with van der Waals surface area (Å²) in [5, 5.41) is 4.16. The van der Waals surface area contributed by atoms with Crippen LogP contribution in [0.4, 0.5) is 0 Å². The fourth-order valence-electron chi connectivity index (χ4n) is 4.82. The second kappa shape index (κ2) is 10.9. The number of carbonyl (C=O) groups is 1. The van der Waals surface area contributed by atoms with Gasteiger partial charge in [-0.3, -0.25) is 4.79 Å². The molecule has 2 aromatic carbocycles. The fraction of sp³-hybridized carbons (Fsp3) is 0.188. The van der Waals surface area contributed by atoms with Gasteiger partial charge in [-0.2, -0.15) is 5.10 Å².